The monoisotopic (exact) mass is 198 g/mol. The van der Waals surface area contributed by atoms with Crippen molar-refractivity contribution in [3.8, 4) is 0 Å². The molecule has 80 valence electrons. The zero-order valence-corrected chi connectivity index (χ0v) is 8.53. The average molecular weight is 198 g/mol. The Morgan fingerprint density at radius 1 is 1.57 bits per heavy atom. The van der Waals surface area contributed by atoms with E-state index in [4.69, 9.17) is 15.3 Å². The van der Waals surface area contributed by atoms with Crippen LogP contribution in [0.3, 0.4) is 0 Å². The van der Waals surface area contributed by atoms with Gasteiger partial charge in [-0.2, -0.15) is 0 Å². The molecule has 3 unspecified atom stereocenters. The van der Waals surface area contributed by atoms with Crippen molar-refractivity contribution in [3.63, 3.8) is 0 Å². The Labute approximate surface area is 84.4 Å². The molecule has 2 aliphatic rings. The maximum Gasteiger partial charge on any atom is 0.111 e. The van der Waals surface area contributed by atoms with E-state index < -0.39 is 0 Å². The molecule has 2 heterocycles. The second-order valence-corrected chi connectivity index (χ2v) is 3.92. The van der Waals surface area contributed by atoms with Crippen molar-refractivity contribution in [2.45, 2.75) is 31.9 Å². The molecule has 4 heteroatoms. The molecule has 0 aromatic heterocycles. The van der Waals surface area contributed by atoms with E-state index >= 15 is 0 Å². The maximum absolute atomic E-state index is 5.57. The van der Waals surface area contributed by atoms with Crippen LogP contribution < -0.4 is 11.3 Å². The number of rotatable bonds is 3. The van der Waals surface area contributed by atoms with Crippen molar-refractivity contribution in [1.29, 1.82) is 0 Å². The van der Waals surface area contributed by atoms with Gasteiger partial charge < -0.3 is 9.47 Å². The smallest absolute Gasteiger partial charge is 0.111 e. The fourth-order valence-corrected chi connectivity index (χ4v) is 2.26. The van der Waals surface area contributed by atoms with Crippen molar-refractivity contribution in [2.75, 3.05) is 13.2 Å². The highest BCUT2D eigenvalue weighted by molar-refractivity contribution is 5.10. The van der Waals surface area contributed by atoms with E-state index in [1.807, 2.05) is 0 Å². The molecular formula is C10H18N2O2. The Balaban J connectivity index is 2.04. The maximum atomic E-state index is 5.57. The molecule has 1 fully saturated rings. The Kier molecular flexibility index (Phi) is 3.05. The predicted molar refractivity (Wildman–Crippen MR) is 53.3 cm³/mol. The van der Waals surface area contributed by atoms with Crippen molar-refractivity contribution in [3.05, 3.63) is 11.8 Å². The van der Waals surface area contributed by atoms with Crippen LogP contribution in [0, 0.1) is 5.92 Å². The molecule has 1 saturated heterocycles. The highest BCUT2D eigenvalue weighted by Crippen LogP contribution is 2.29. The molecule has 0 spiro atoms. The van der Waals surface area contributed by atoms with Gasteiger partial charge >= 0.3 is 0 Å². The van der Waals surface area contributed by atoms with E-state index in [1.165, 1.54) is 0 Å². The van der Waals surface area contributed by atoms with E-state index in [1.54, 1.807) is 0 Å². The van der Waals surface area contributed by atoms with Gasteiger partial charge in [0.05, 0.1) is 18.8 Å². The summed E-state index contributed by atoms with van der Waals surface area (Å²) in [5.74, 6) is 7.00. The van der Waals surface area contributed by atoms with E-state index in [-0.39, 0.29) is 12.1 Å². The molecule has 3 N–H and O–H groups in total. The van der Waals surface area contributed by atoms with Gasteiger partial charge in [0, 0.05) is 18.9 Å². The van der Waals surface area contributed by atoms with Crippen molar-refractivity contribution in [1.82, 2.24) is 5.43 Å². The summed E-state index contributed by atoms with van der Waals surface area (Å²) in [5, 5.41) is 0. The summed E-state index contributed by atoms with van der Waals surface area (Å²) in [5.41, 5.74) is 2.84. The fourth-order valence-electron chi connectivity index (χ4n) is 2.26. The van der Waals surface area contributed by atoms with E-state index in [0.717, 1.165) is 31.8 Å². The minimum atomic E-state index is 0.120. The number of nitrogens with one attached hydrogen (secondary N) is 1. The molecule has 0 aromatic carbocycles. The van der Waals surface area contributed by atoms with Gasteiger partial charge in [-0.05, 0) is 19.4 Å². The zero-order valence-electron chi connectivity index (χ0n) is 8.53. The van der Waals surface area contributed by atoms with Crippen LogP contribution in [0.2, 0.25) is 0 Å². The third-order valence-electron chi connectivity index (χ3n) is 3.08. The minimum Gasteiger partial charge on any atom is -0.496 e. The first-order valence-electron chi connectivity index (χ1n) is 5.23. The van der Waals surface area contributed by atoms with E-state index in [9.17, 15) is 0 Å². The van der Waals surface area contributed by atoms with Gasteiger partial charge in [0.15, 0.2) is 0 Å². The molecule has 2 rings (SSSR count). The molecule has 0 aliphatic carbocycles. The van der Waals surface area contributed by atoms with Gasteiger partial charge in [-0.1, -0.05) is 0 Å². The third-order valence-corrected chi connectivity index (χ3v) is 3.08. The first-order valence-corrected chi connectivity index (χ1v) is 5.23. The van der Waals surface area contributed by atoms with Crippen LogP contribution in [0.25, 0.3) is 0 Å². The van der Waals surface area contributed by atoms with Crippen LogP contribution >= 0.6 is 0 Å². The van der Waals surface area contributed by atoms with Gasteiger partial charge in [0.2, 0.25) is 0 Å². The molecule has 0 aromatic rings. The average Bonchev–Trinajstić information content (AvgIpc) is 2.80. The van der Waals surface area contributed by atoms with Crippen LogP contribution in [0.1, 0.15) is 19.8 Å². The quantitative estimate of drug-likeness (QED) is 0.513. The second-order valence-electron chi connectivity index (χ2n) is 3.92. The lowest BCUT2D eigenvalue weighted by Crippen LogP contribution is -2.44. The van der Waals surface area contributed by atoms with Crippen molar-refractivity contribution < 1.29 is 9.47 Å². The van der Waals surface area contributed by atoms with Gasteiger partial charge in [-0.3, -0.25) is 5.84 Å². The summed E-state index contributed by atoms with van der Waals surface area (Å²) in [6.45, 7) is 3.71. The Morgan fingerprint density at radius 3 is 2.93 bits per heavy atom. The SMILES string of the molecule is CC1OCCC1C(NN)C1=CCCO1. The molecule has 0 amide bonds. The van der Waals surface area contributed by atoms with Crippen LogP contribution in [0.15, 0.2) is 11.8 Å². The summed E-state index contributed by atoms with van der Waals surface area (Å²) in [6.07, 6.45) is 4.43. The first-order chi connectivity index (χ1) is 6.83. The number of hydrogen-bond donors (Lipinski definition) is 2. The molecular weight excluding hydrogens is 180 g/mol. The zero-order chi connectivity index (χ0) is 9.97. The lowest BCUT2D eigenvalue weighted by molar-refractivity contribution is 0.0898. The molecule has 2 aliphatic heterocycles. The molecule has 14 heavy (non-hydrogen) atoms. The molecule has 0 saturated carbocycles. The molecule has 0 radical (unpaired) electrons. The fraction of sp³-hybridized carbons (Fsp3) is 0.800. The summed E-state index contributed by atoms with van der Waals surface area (Å²) in [7, 11) is 0. The second kappa shape index (κ2) is 4.29. The predicted octanol–water partition coefficient (Wildman–Crippen LogP) is 0.548. The number of ether oxygens (including phenoxy) is 2. The third kappa shape index (κ3) is 1.78. The summed E-state index contributed by atoms with van der Waals surface area (Å²) < 4.78 is 11.1. The summed E-state index contributed by atoms with van der Waals surface area (Å²) in [6, 6.07) is 0.120. The largest absolute Gasteiger partial charge is 0.496 e. The van der Waals surface area contributed by atoms with Crippen LogP contribution in [-0.4, -0.2) is 25.4 Å². The van der Waals surface area contributed by atoms with Gasteiger partial charge in [0.25, 0.3) is 0 Å². The first kappa shape index (κ1) is 9.96. The molecule has 0 bridgehead atoms. The van der Waals surface area contributed by atoms with Crippen LogP contribution in [-0.2, 0) is 9.47 Å². The van der Waals surface area contributed by atoms with Crippen molar-refractivity contribution in [2.24, 2.45) is 11.8 Å². The van der Waals surface area contributed by atoms with Gasteiger partial charge in [-0.25, -0.2) is 5.43 Å². The Morgan fingerprint density at radius 2 is 2.43 bits per heavy atom. The number of hydrazine groups is 1. The lowest BCUT2D eigenvalue weighted by Gasteiger charge is -2.25. The minimum absolute atomic E-state index is 0.120. The molecule has 4 nitrogen and oxygen atoms in total. The molecule has 3 atom stereocenters. The van der Waals surface area contributed by atoms with Crippen molar-refractivity contribution >= 4 is 0 Å². The Hall–Kier alpha value is -0.580. The highest BCUT2D eigenvalue weighted by atomic mass is 16.5. The summed E-state index contributed by atoms with van der Waals surface area (Å²) >= 11 is 0. The van der Waals surface area contributed by atoms with Gasteiger partial charge in [0.1, 0.15) is 5.76 Å². The van der Waals surface area contributed by atoms with E-state index in [2.05, 4.69) is 18.4 Å². The number of nitrogens with two attached hydrogens (primary N) is 1. The Bertz CT molecular complexity index is 230. The van der Waals surface area contributed by atoms with Gasteiger partial charge in [-0.15, -0.1) is 0 Å². The highest BCUT2D eigenvalue weighted by Gasteiger charge is 2.34. The van der Waals surface area contributed by atoms with Crippen LogP contribution in [0.4, 0.5) is 0 Å². The summed E-state index contributed by atoms with van der Waals surface area (Å²) in [4.78, 5) is 0. The van der Waals surface area contributed by atoms with Crippen LogP contribution in [0.5, 0.6) is 0 Å². The normalized spacial score (nSPS) is 34.0. The topological polar surface area (TPSA) is 56.5 Å². The van der Waals surface area contributed by atoms with E-state index in [0.29, 0.717) is 5.92 Å². The number of hydrogen-bond acceptors (Lipinski definition) is 4. The standard InChI is InChI=1S/C10H18N2O2/c1-7-8(4-6-13-7)10(12-11)9-3-2-5-14-9/h3,7-8,10,12H,2,4-6,11H2,1H3. The lowest BCUT2D eigenvalue weighted by atomic mass is 9.92.